The monoisotopic (exact) mass is 296 g/mol. The van der Waals surface area contributed by atoms with E-state index in [4.69, 9.17) is 16.3 Å². The fraction of sp³-hybridized carbons (Fsp3) is 0.533. The van der Waals surface area contributed by atoms with Crippen molar-refractivity contribution >= 4 is 17.5 Å². The molecule has 1 atom stereocenters. The van der Waals surface area contributed by atoms with Crippen LogP contribution in [0.2, 0.25) is 5.02 Å². The number of amides is 1. The summed E-state index contributed by atoms with van der Waals surface area (Å²) in [4.78, 5) is 14.5. The van der Waals surface area contributed by atoms with Crippen LogP contribution in [0.15, 0.2) is 18.2 Å². The molecule has 110 valence electrons. The maximum atomic E-state index is 12.7. The second kappa shape index (κ2) is 6.95. The van der Waals surface area contributed by atoms with Crippen LogP contribution in [0.4, 0.5) is 0 Å². The average Bonchev–Trinajstić information content (AvgIpc) is 2.74. The van der Waals surface area contributed by atoms with Crippen LogP contribution >= 0.6 is 11.6 Å². The van der Waals surface area contributed by atoms with Gasteiger partial charge in [0.15, 0.2) is 0 Å². The fourth-order valence-electron chi connectivity index (χ4n) is 2.59. The van der Waals surface area contributed by atoms with Gasteiger partial charge in [-0.15, -0.1) is 0 Å². The minimum atomic E-state index is -0.0312. The summed E-state index contributed by atoms with van der Waals surface area (Å²) in [6.45, 7) is 1.98. The molecule has 1 unspecified atom stereocenters. The number of halogens is 1. The second-order valence-electron chi connectivity index (χ2n) is 5.10. The van der Waals surface area contributed by atoms with Gasteiger partial charge in [-0.1, -0.05) is 11.6 Å². The molecule has 1 saturated heterocycles. The van der Waals surface area contributed by atoms with Gasteiger partial charge in [-0.05, 0) is 50.6 Å². The van der Waals surface area contributed by atoms with Gasteiger partial charge in [0.2, 0.25) is 0 Å². The summed E-state index contributed by atoms with van der Waals surface area (Å²) in [7, 11) is 3.42. The van der Waals surface area contributed by atoms with Crippen LogP contribution in [0.1, 0.15) is 29.6 Å². The van der Waals surface area contributed by atoms with E-state index >= 15 is 0 Å². The molecule has 1 aliphatic heterocycles. The fourth-order valence-corrected chi connectivity index (χ4v) is 2.76. The molecule has 20 heavy (non-hydrogen) atoms. The third kappa shape index (κ3) is 3.44. The Morgan fingerprint density at radius 1 is 1.40 bits per heavy atom. The summed E-state index contributed by atoms with van der Waals surface area (Å²) in [5, 5.41) is 3.91. The first-order valence-corrected chi connectivity index (χ1v) is 7.32. The molecule has 4 nitrogen and oxygen atoms in total. The zero-order valence-corrected chi connectivity index (χ0v) is 12.7. The van der Waals surface area contributed by atoms with E-state index in [0.717, 1.165) is 32.4 Å². The zero-order chi connectivity index (χ0) is 14.5. The van der Waals surface area contributed by atoms with Crippen molar-refractivity contribution in [2.45, 2.75) is 25.3 Å². The molecule has 1 amide bonds. The molecule has 1 heterocycles. The summed E-state index contributed by atoms with van der Waals surface area (Å²) in [6, 6.07) is 5.40. The Kier molecular flexibility index (Phi) is 5.26. The van der Waals surface area contributed by atoms with E-state index < -0.39 is 0 Å². The number of benzene rings is 1. The van der Waals surface area contributed by atoms with E-state index in [1.165, 1.54) is 0 Å². The lowest BCUT2D eigenvalue weighted by atomic mass is 10.1. The van der Waals surface area contributed by atoms with E-state index in [1.807, 2.05) is 11.9 Å². The van der Waals surface area contributed by atoms with Gasteiger partial charge in [-0.25, -0.2) is 0 Å². The maximum Gasteiger partial charge on any atom is 0.257 e. The van der Waals surface area contributed by atoms with Gasteiger partial charge in [-0.3, -0.25) is 4.79 Å². The maximum absolute atomic E-state index is 12.7. The average molecular weight is 297 g/mol. The number of rotatable bonds is 3. The quantitative estimate of drug-likeness (QED) is 0.932. The van der Waals surface area contributed by atoms with Gasteiger partial charge in [-0.2, -0.15) is 0 Å². The molecule has 0 spiro atoms. The van der Waals surface area contributed by atoms with Crippen molar-refractivity contribution in [2.75, 3.05) is 27.2 Å². The topological polar surface area (TPSA) is 41.6 Å². The van der Waals surface area contributed by atoms with Gasteiger partial charge < -0.3 is 15.0 Å². The number of carbonyl (C=O) groups excluding carboxylic acids is 1. The number of hydrogen-bond donors (Lipinski definition) is 1. The lowest BCUT2D eigenvalue weighted by Gasteiger charge is -2.27. The highest BCUT2D eigenvalue weighted by Crippen LogP contribution is 2.25. The molecule has 1 aliphatic rings. The molecule has 1 aromatic carbocycles. The molecular formula is C15H21ClN2O2. The van der Waals surface area contributed by atoms with Crippen molar-refractivity contribution in [3.63, 3.8) is 0 Å². The summed E-state index contributed by atoms with van der Waals surface area (Å²) in [6.07, 6.45) is 3.10. The van der Waals surface area contributed by atoms with E-state index in [1.54, 1.807) is 25.3 Å². The smallest absolute Gasteiger partial charge is 0.257 e. The van der Waals surface area contributed by atoms with Crippen molar-refractivity contribution in [1.82, 2.24) is 10.2 Å². The Bertz CT molecular complexity index is 471. The Morgan fingerprint density at radius 3 is 2.95 bits per heavy atom. The molecule has 0 aromatic heterocycles. The minimum absolute atomic E-state index is 0.0312. The Balaban J connectivity index is 2.19. The molecule has 0 radical (unpaired) electrons. The van der Waals surface area contributed by atoms with Crippen molar-refractivity contribution < 1.29 is 9.53 Å². The number of ether oxygens (including phenoxy) is 1. The standard InChI is InChI=1S/C15H21ClN2O2/c1-18(12-4-3-8-17-9-7-12)15(19)13-10-11(16)5-6-14(13)20-2/h5-6,10,12,17H,3-4,7-9H2,1-2H3. The van der Waals surface area contributed by atoms with Crippen LogP contribution in [-0.2, 0) is 0 Å². The first-order valence-electron chi connectivity index (χ1n) is 6.95. The second-order valence-corrected chi connectivity index (χ2v) is 5.53. The zero-order valence-electron chi connectivity index (χ0n) is 12.0. The van der Waals surface area contributed by atoms with Gasteiger partial charge in [0.25, 0.3) is 5.91 Å². The van der Waals surface area contributed by atoms with Gasteiger partial charge >= 0.3 is 0 Å². The molecule has 1 fully saturated rings. The van der Waals surface area contributed by atoms with Crippen LogP contribution < -0.4 is 10.1 Å². The molecular weight excluding hydrogens is 276 g/mol. The lowest BCUT2D eigenvalue weighted by Crippen LogP contribution is -2.37. The van der Waals surface area contributed by atoms with Gasteiger partial charge in [0, 0.05) is 18.1 Å². The predicted octanol–water partition coefficient (Wildman–Crippen LogP) is 2.56. The number of carbonyl (C=O) groups is 1. The normalized spacial score (nSPS) is 19.2. The van der Waals surface area contributed by atoms with Crippen molar-refractivity contribution in [2.24, 2.45) is 0 Å². The van der Waals surface area contributed by atoms with Crippen LogP contribution in [0.25, 0.3) is 0 Å². The van der Waals surface area contributed by atoms with Crippen LogP contribution in [0.3, 0.4) is 0 Å². The lowest BCUT2D eigenvalue weighted by molar-refractivity contribution is 0.0717. The molecule has 0 aliphatic carbocycles. The predicted molar refractivity (Wildman–Crippen MR) is 80.6 cm³/mol. The number of methoxy groups -OCH3 is 1. The third-order valence-corrected chi connectivity index (χ3v) is 4.04. The molecule has 1 N–H and O–H groups in total. The number of nitrogens with one attached hydrogen (secondary N) is 1. The van der Waals surface area contributed by atoms with E-state index in [9.17, 15) is 4.79 Å². The Morgan fingerprint density at radius 2 is 2.20 bits per heavy atom. The number of hydrogen-bond acceptors (Lipinski definition) is 3. The van der Waals surface area contributed by atoms with Gasteiger partial charge in [0.1, 0.15) is 5.75 Å². The molecule has 0 bridgehead atoms. The molecule has 0 saturated carbocycles. The third-order valence-electron chi connectivity index (χ3n) is 3.81. The molecule has 1 aromatic rings. The minimum Gasteiger partial charge on any atom is -0.496 e. The van der Waals surface area contributed by atoms with Gasteiger partial charge in [0.05, 0.1) is 12.7 Å². The number of nitrogens with zero attached hydrogens (tertiary/aromatic N) is 1. The Labute approximate surface area is 125 Å². The summed E-state index contributed by atoms with van der Waals surface area (Å²) in [5.74, 6) is 0.536. The Hall–Kier alpha value is -1.26. The van der Waals surface area contributed by atoms with Crippen LogP contribution in [0.5, 0.6) is 5.75 Å². The van der Waals surface area contributed by atoms with E-state index in [-0.39, 0.29) is 11.9 Å². The van der Waals surface area contributed by atoms with E-state index in [2.05, 4.69) is 5.32 Å². The molecule has 2 rings (SSSR count). The summed E-state index contributed by atoms with van der Waals surface area (Å²) < 4.78 is 5.27. The highest BCUT2D eigenvalue weighted by Gasteiger charge is 2.24. The van der Waals surface area contributed by atoms with E-state index in [0.29, 0.717) is 16.3 Å². The van der Waals surface area contributed by atoms with Crippen molar-refractivity contribution in [3.05, 3.63) is 28.8 Å². The highest BCUT2D eigenvalue weighted by atomic mass is 35.5. The first-order chi connectivity index (χ1) is 9.63. The van der Waals surface area contributed by atoms with Crippen LogP contribution in [0, 0.1) is 0 Å². The molecule has 5 heteroatoms. The van der Waals surface area contributed by atoms with Crippen LogP contribution in [-0.4, -0.2) is 44.1 Å². The van der Waals surface area contributed by atoms with Crippen molar-refractivity contribution in [3.8, 4) is 5.75 Å². The largest absolute Gasteiger partial charge is 0.496 e. The highest BCUT2D eigenvalue weighted by molar-refractivity contribution is 6.31. The van der Waals surface area contributed by atoms with Crippen molar-refractivity contribution in [1.29, 1.82) is 0 Å². The summed E-state index contributed by atoms with van der Waals surface area (Å²) >= 11 is 6.00. The summed E-state index contributed by atoms with van der Waals surface area (Å²) in [5.41, 5.74) is 0.528. The first kappa shape index (κ1) is 15.1. The SMILES string of the molecule is COc1ccc(Cl)cc1C(=O)N(C)C1CCCNCC1.